The largest absolute Gasteiger partial charge is 0.391 e. The molecule has 0 aromatic heterocycles. The molecule has 0 aliphatic rings. The Bertz CT molecular complexity index is 83.7. The summed E-state index contributed by atoms with van der Waals surface area (Å²) in [4.78, 5) is 0. The van der Waals surface area contributed by atoms with Crippen LogP contribution in [0.1, 0.15) is 6.92 Å². The molecule has 3 heteroatoms. The zero-order valence-corrected chi connectivity index (χ0v) is 7.06. The van der Waals surface area contributed by atoms with E-state index in [1.807, 2.05) is 0 Å². The Morgan fingerprint density at radius 2 is 2.50 bits per heavy atom. The summed E-state index contributed by atoms with van der Waals surface area (Å²) in [5, 5.41) is 10.5. The van der Waals surface area contributed by atoms with E-state index in [0.717, 1.165) is 5.75 Å². The molecule has 0 bridgehead atoms. The van der Waals surface area contributed by atoms with E-state index in [1.54, 1.807) is 24.1 Å². The molecule has 2 nitrogen and oxygen atoms in total. The van der Waals surface area contributed by atoms with Gasteiger partial charge in [-0.15, -0.1) is 11.8 Å². The number of rotatable bonds is 6. The fraction of sp³-hybridized carbons (Fsp3) is 0.714. The van der Waals surface area contributed by atoms with Crippen LogP contribution in [-0.4, -0.2) is 30.2 Å². The molecule has 0 saturated carbocycles. The topological polar surface area (TPSA) is 29.5 Å². The van der Waals surface area contributed by atoms with Crippen molar-refractivity contribution in [1.82, 2.24) is 0 Å². The van der Waals surface area contributed by atoms with Crippen molar-refractivity contribution in [3.05, 3.63) is 12.0 Å². The van der Waals surface area contributed by atoms with Crippen molar-refractivity contribution in [2.24, 2.45) is 0 Å². The molecule has 0 saturated heterocycles. The second kappa shape index (κ2) is 7.12. The molecule has 0 aromatic carbocycles. The fourth-order valence-electron chi connectivity index (χ4n) is 0.444. The van der Waals surface area contributed by atoms with Crippen LogP contribution in [0.2, 0.25) is 0 Å². The third-order valence-electron chi connectivity index (χ3n) is 0.822. The van der Waals surface area contributed by atoms with Gasteiger partial charge in [-0.25, -0.2) is 0 Å². The minimum absolute atomic E-state index is 0.353. The number of aliphatic hydroxyl groups excluding tert-OH is 1. The Morgan fingerprint density at radius 1 is 1.80 bits per heavy atom. The average molecular weight is 162 g/mol. The number of hydrogen-bond donors (Lipinski definition) is 1. The third-order valence-corrected chi connectivity index (χ3v) is 1.46. The van der Waals surface area contributed by atoms with Gasteiger partial charge in [-0.3, -0.25) is 0 Å². The maximum atomic E-state index is 8.76. The standard InChI is InChI=1S/C7H14O2S/c1-3-10-5-4-9-6-7(2)8/h3,7-8H,1,4-6H2,2H3. The molecule has 0 fully saturated rings. The molecule has 1 unspecified atom stereocenters. The van der Waals surface area contributed by atoms with E-state index in [0.29, 0.717) is 13.2 Å². The average Bonchev–Trinajstić information content (AvgIpc) is 1.87. The summed E-state index contributed by atoms with van der Waals surface area (Å²) < 4.78 is 5.08. The Kier molecular flexibility index (Phi) is 7.13. The van der Waals surface area contributed by atoms with E-state index >= 15 is 0 Å². The van der Waals surface area contributed by atoms with E-state index in [1.165, 1.54) is 0 Å². The van der Waals surface area contributed by atoms with Crippen molar-refractivity contribution in [1.29, 1.82) is 0 Å². The minimum Gasteiger partial charge on any atom is -0.391 e. The van der Waals surface area contributed by atoms with Gasteiger partial charge in [-0.05, 0) is 12.3 Å². The summed E-state index contributed by atoms with van der Waals surface area (Å²) in [5.41, 5.74) is 0. The maximum Gasteiger partial charge on any atom is 0.0745 e. The van der Waals surface area contributed by atoms with Crippen molar-refractivity contribution in [2.75, 3.05) is 19.0 Å². The summed E-state index contributed by atoms with van der Waals surface area (Å²) in [6, 6.07) is 0. The van der Waals surface area contributed by atoms with Crippen LogP contribution in [0.4, 0.5) is 0 Å². The van der Waals surface area contributed by atoms with E-state index in [-0.39, 0.29) is 6.10 Å². The molecule has 1 atom stereocenters. The molecule has 60 valence electrons. The van der Waals surface area contributed by atoms with Crippen molar-refractivity contribution < 1.29 is 9.84 Å². The molecule has 1 N–H and O–H groups in total. The number of hydrogen-bond acceptors (Lipinski definition) is 3. The lowest BCUT2D eigenvalue weighted by molar-refractivity contribution is 0.0540. The summed E-state index contributed by atoms with van der Waals surface area (Å²) >= 11 is 1.62. The number of aliphatic hydroxyl groups is 1. The maximum absolute atomic E-state index is 8.76. The molecule has 0 heterocycles. The van der Waals surface area contributed by atoms with Gasteiger partial charge in [0.2, 0.25) is 0 Å². The van der Waals surface area contributed by atoms with Crippen molar-refractivity contribution in [3.63, 3.8) is 0 Å². The molecule has 0 spiro atoms. The first-order chi connectivity index (χ1) is 4.77. The molecule has 0 aliphatic heterocycles. The third kappa shape index (κ3) is 8.01. The quantitative estimate of drug-likeness (QED) is 0.596. The minimum atomic E-state index is -0.353. The lowest BCUT2D eigenvalue weighted by atomic mass is 10.4. The number of ether oxygens (including phenoxy) is 1. The summed E-state index contributed by atoms with van der Waals surface area (Å²) in [7, 11) is 0. The van der Waals surface area contributed by atoms with Gasteiger partial charge in [0.05, 0.1) is 19.3 Å². The highest BCUT2D eigenvalue weighted by molar-refractivity contribution is 8.02. The van der Waals surface area contributed by atoms with Gasteiger partial charge in [0, 0.05) is 5.75 Å². The smallest absolute Gasteiger partial charge is 0.0745 e. The Balaban J connectivity index is 2.83. The van der Waals surface area contributed by atoms with Gasteiger partial charge < -0.3 is 9.84 Å². The van der Waals surface area contributed by atoms with Crippen molar-refractivity contribution >= 4 is 11.8 Å². The van der Waals surface area contributed by atoms with Crippen LogP contribution in [0.25, 0.3) is 0 Å². The van der Waals surface area contributed by atoms with E-state index < -0.39 is 0 Å². The van der Waals surface area contributed by atoms with E-state index in [2.05, 4.69) is 6.58 Å². The van der Waals surface area contributed by atoms with Gasteiger partial charge in [-0.2, -0.15) is 0 Å². The van der Waals surface area contributed by atoms with Crippen LogP contribution in [0.3, 0.4) is 0 Å². The van der Waals surface area contributed by atoms with Crippen molar-refractivity contribution in [2.45, 2.75) is 13.0 Å². The van der Waals surface area contributed by atoms with Crippen LogP contribution < -0.4 is 0 Å². The predicted octanol–water partition coefficient (Wildman–Crippen LogP) is 1.26. The van der Waals surface area contributed by atoms with Crippen LogP contribution in [0, 0.1) is 0 Å². The Hall–Kier alpha value is 0.01000. The molecule has 0 aliphatic carbocycles. The first-order valence-corrected chi connectivity index (χ1v) is 4.30. The Labute approximate surface area is 66.3 Å². The zero-order chi connectivity index (χ0) is 7.82. The highest BCUT2D eigenvalue weighted by Crippen LogP contribution is 1.98. The Morgan fingerprint density at radius 3 is 3.00 bits per heavy atom. The SMILES string of the molecule is C=CSCCOCC(C)O. The van der Waals surface area contributed by atoms with Gasteiger partial charge in [0.15, 0.2) is 0 Å². The van der Waals surface area contributed by atoms with E-state index in [9.17, 15) is 0 Å². The fourth-order valence-corrected chi connectivity index (χ4v) is 0.825. The van der Waals surface area contributed by atoms with Gasteiger partial charge in [0.1, 0.15) is 0 Å². The summed E-state index contributed by atoms with van der Waals surface area (Å²) in [6.07, 6.45) is -0.353. The highest BCUT2D eigenvalue weighted by Gasteiger charge is 1.93. The zero-order valence-electron chi connectivity index (χ0n) is 6.25. The summed E-state index contributed by atoms with van der Waals surface area (Å²) in [5.74, 6) is 0.913. The van der Waals surface area contributed by atoms with Crippen LogP contribution >= 0.6 is 11.8 Å². The molecular formula is C7H14O2S. The first-order valence-electron chi connectivity index (χ1n) is 3.25. The van der Waals surface area contributed by atoms with Gasteiger partial charge in [-0.1, -0.05) is 6.58 Å². The first kappa shape index (κ1) is 10.0. The second-order valence-electron chi connectivity index (χ2n) is 1.96. The van der Waals surface area contributed by atoms with Gasteiger partial charge >= 0.3 is 0 Å². The molecule has 0 amide bonds. The predicted molar refractivity (Wildman–Crippen MR) is 45.2 cm³/mol. The molecular weight excluding hydrogens is 148 g/mol. The molecule has 0 aromatic rings. The van der Waals surface area contributed by atoms with Gasteiger partial charge in [0.25, 0.3) is 0 Å². The summed E-state index contributed by atoms with van der Waals surface area (Å²) in [6.45, 7) is 6.37. The monoisotopic (exact) mass is 162 g/mol. The highest BCUT2D eigenvalue weighted by atomic mass is 32.2. The normalized spacial score (nSPS) is 13.0. The molecule has 0 rings (SSSR count). The lowest BCUT2D eigenvalue weighted by Gasteiger charge is -2.03. The lowest BCUT2D eigenvalue weighted by Crippen LogP contribution is -2.11. The molecule has 10 heavy (non-hydrogen) atoms. The second-order valence-corrected chi connectivity index (χ2v) is 3.04. The van der Waals surface area contributed by atoms with Crippen LogP contribution in [-0.2, 0) is 4.74 Å². The van der Waals surface area contributed by atoms with E-state index in [4.69, 9.17) is 9.84 Å². The molecule has 0 radical (unpaired) electrons. The van der Waals surface area contributed by atoms with Crippen LogP contribution in [0.5, 0.6) is 0 Å². The number of thioether (sulfide) groups is 1. The van der Waals surface area contributed by atoms with Crippen LogP contribution in [0.15, 0.2) is 12.0 Å². The van der Waals surface area contributed by atoms with Crippen molar-refractivity contribution in [3.8, 4) is 0 Å².